The summed E-state index contributed by atoms with van der Waals surface area (Å²) in [5.74, 6) is -18.0. The van der Waals surface area contributed by atoms with Crippen LogP contribution in [-0.4, -0.2) is 166 Å². The lowest BCUT2D eigenvalue weighted by molar-refractivity contribution is -0.141. The second kappa shape index (κ2) is 37.8. The van der Waals surface area contributed by atoms with E-state index in [2.05, 4.69) is 111 Å². The lowest BCUT2D eigenvalue weighted by Gasteiger charge is -2.37. The molecule has 4 aliphatic heterocycles. The Hall–Kier alpha value is -15.3. The Kier molecular flexibility index (Phi) is 26.6. The normalized spacial score (nSPS) is 23.7. The molecule has 0 spiro atoms. The van der Waals surface area contributed by atoms with Gasteiger partial charge in [0.1, 0.15) is 22.6 Å². The molecule has 716 valence electrons. The van der Waals surface area contributed by atoms with E-state index in [0.29, 0.717) is 16.1 Å². The second-order valence-electron chi connectivity index (χ2n) is 32.0. The van der Waals surface area contributed by atoms with Gasteiger partial charge >= 0.3 is 5.92 Å². The third-order valence-electron chi connectivity index (χ3n) is 24.7. The molecular weight excluding hydrogens is 1940 g/mol. The van der Waals surface area contributed by atoms with Crippen molar-refractivity contribution in [3.63, 3.8) is 0 Å². The number of nitrogens with zero attached hydrogens (tertiary/aromatic N) is 24. The first-order valence-electron chi connectivity index (χ1n) is 41.7. The summed E-state index contributed by atoms with van der Waals surface area (Å²) < 4.78 is 158. The Morgan fingerprint density at radius 1 is 0.428 bits per heavy atom. The van der Waals surface area contributed by atoms with Crippen LogP contribution in [0.3, 0.4) is 0 Å². The van der Waals surface area contributed by atoms with E-state index in [0.717, 1.165) is 72.4 Å². The third-order valence-corrected chi connectivity index (χ3v) is 25.8. The van der Waals surface area contributed by atoms with Gasteiger partial charge in [-0.05, 0) is 92.6 Å². The first-order valence-corrected chi connectivity index (χ1v) is 43.2. The van der Waals surface area contributed by atoms with Crippen molar-refractivity contribution in [2.45, 2.75) is 136 Å². The summed E-state index contributed by atoms with van der Waals surface area (Å²) in [4.78, 5) is 103. The van der Waals surface area contributed by atoms with Crippen molar-refractivity contribution in [3.8, 4) is 11.5 Å². The van der Waals surface area contributed by atoms with Crippen LogP contribution < -0.4 is 53.8 Å². The number of ether oxygens (including phenoxy) is 6. The van der Waals surface area contributed by atoms with Crippen molar-refractivity contribution in [3.05, 3.63) is 312 Å². The Morgan fingerprint density at radius 2 is 0.688 bits per heavy atom. The van der Waals surface area contributed by atoms with Crippen LogP contribution in [-0.2, 0) is 30.0 Å². The zero-order valence-electron chi connectivity index (χ0n) is 73.2. The lowest BCUT2D eigenvalue weighted by atomic mass is 9.77. The largest absolute Gasteiger partial charge is 0.497 e. The van der Waals surface area contributed by atoms with Crippen LogP contribution in [0.1, 0.15) is 106 Å². The van der Waals surface area contributed by atoms with Crippen molar-refractivity contribution in [1.29, 1.82) is 0 Å². The van der Waals surface area contributed by atoms with Crippen molar-refractivity contribution in [2.24, 2.45) is 38.2 Å². The molecule has 0 unspecified atom stereocenters. The predicted molar refractivity (Wildman–Crippen MR) is 488 cm³/mol. The molecule has 12 heterocycles. The molecule has 0 aliphatic carbocycles. The van der Waals surface area contributed by atoms with Crippen LogP contribution in [0.2, 0.25) is 0 Å². The number of rotatable bonds is 24. The van der Waals surface area contributed by atoms with Gasteiger partial charge in [-0.25, -0.2) is 46.3 Å². The van der Waals surface area contributed by atoms with Gasteiger partial charge in [-0.1, -0.05) is 223 Å². The maximum atomic E-state index is 15.8. The highest BCUT2D eigenvalue weighted by Gasteiger charge is 2.69. The molecule has 0 amide bonds. The summed E-state index contributed by atoms with van der Waals surface area (Å²) >= 11 is 1.85. The molecular formula is C85H81F8IN32O12. The number of hydrogen-bond acceptors (Lipinski definition) is 28. The van der Waals surface area contributed by atoms with Crippen LogP contribution >= 0.6 is 22.6 Å². The van der Waals surface area contributed by atoms with Crippen LogP contribution in [0.25, 0.3) is 86.4 Å². The van der Waals surface area contributed by atoms with E-state index in [1.807, 2.05) is 192 Å². The highest BCUT2D eigenvalue weighted by Crippen LogP contribution is 2.58. The maximum absolute atomic E-state index is 15.8. The number of aliphatic hydroxyl groups is 2. The molecule has 4 saturated heterocycles. The van der Waals surface area contributed by atoms with Gasteiger partial charge in [0, 0.05) is 24.1 Å². The number of azide groups is 4. The van der Waals surface area contributed by atoms with Gasteiger partial charge in [0.25, 0.3) is 40.0 Å². The zero-order valence-corrected chi connectivity index (χ0v) is 75.3. The number of anilines is 4. The number of aromatic nitrogens is 16. The Balaban J connectivity index is 0.000000145. The number of aliphatic hydroxyl groups excluding tert-OH is 2. The minimum absolute atomic E-state index is 0.00216. The molecule has 12 N–H and O–H groups in total. The van der Waals surface area contributed by atoms with Crippen LogP contribution in [0, 0.1) is 17.8 Å². The van der Waals surface area contributed by atoms with E-state index in [-0.39, 0.29) is 85.7 Å². The molecule has 53 heteroatoms. The summed E-state index contributed by atoms with van der Waals surface area (Å²) in [5.41, 5.74) is 36.9. The molecule has 14 aromatic rings. The predicted octanol–water partition coefficient (Wildman–Crippen LogP) is 14.7. The Morgan fingerprint density at radius 3 is 0.978 bits per heavy atom. The number of aromatic amines is 4. The minimum atomic E-state index is -4.00. The number of benzene rings is 6. The number of imidazole rings is 4. The fraction of sp³-hybridized carbons (Fsp3) is 0.341. The quantitative estimate of drug-likeness (QED) is 0.00511. The summed E-state index contributed by atoms with van der Waals surface area (Å²) in [6, 6.07) is 53.3. The fourth-order valence-corrected chi connectivity index (χ4v) is 18.1. The summed E-state index contributed by atoms with van der Waals surface area (Å²) in [7, 11) is 3.16. The first kappa shape index (κ1) is 97.2. The van der Waals surface area contributed by atoms with Crippen molar-refractivity contribution >= 4 is 91.0 Å². The number of nitrogens with two attached hydrogens (primary N) is 2. The average molecular weight is 2020 g/mol. The molecule has 4 fully saturated rings. The number of nitrogen functional groups attached to an aromatic ring is 2. The molecule has 44 nitrogen and oxygen atoms in total. The zero-order chi connectivity index (χ0) is 99.0. The SMILES string of the molecule is CC[C@@]1(N=[N+]=[N-])O[C@@H](n2cnc3c(=O)[nH]c(N)nc32)C(F)(F)[C@@H]1C.CC[C@@]1(N=[N+]=[N-])O[C@@H](n2cnc3c(=O)[nH]c(NC(c4ccccc4)(c4ccccc4)c4ccc(OC)cc4)nc32)C(F)(F)[C@@H]1C.COc1ccc(C(Nc2nc3c(ncn3[C@@H]3O[C@@](CI)(N=[N+]=[N-])[C@@H](C)C3(F)F)c(=O)[nH]2)(c2ccccc2)c2ccccc2)cc1.[N-]=[N+]=N[C@]1(CO)O[C@@H](n2cnc3c(=O)[nH]c(N)nc32)C(F)(F)[C@@H]1O. The number of hydrogen-bond donors (Lipinski definition) is 10. The van der Waals surface area contributed by atoms with Crippen molar-refractivity contribution < 1.29 is 73.8 Å². The van der Waals surface area contributed by atoms with Gasteiger partial charge in [-0.2, -0.15) is 28.7 Å². The number of methoxy groups -OCH3 is 2. The van der Waals surface area contributed by atoms with E-state index in [4.69, 9.17) is 62.0 Å². The van der Waals surface area contributed by atoms with Crippen LogP contribution in [0.15, 0.2) is 235 Å². The van der Waals surface area contributed by atoms with Gasteiger partial charge in [-0.15, -0.1) is 0 Å². The van der Waals surface area contributed by atoms with Gasteiger partial charge < -0.3 is 60.7 Å². The van der Waals surface area contributed by atoms with E-state index < -0.39 is 135 Å². The van der Waals surface area contributed by atoms with Gasteiger partial charge in [0.05, 0.1) is 63.9 Å². The van der Waals surface area contributed by atoms with E-state index in [9.17, 15) is 47.0 Å². The average Bonchev–Trinajstić information content (AvgIpc) is 1.45. The van der Waals surface area contributed by atoms with Crippen molar-refractivity contribution in [2.75, 3.05) is 47.4 Å². The van der Waals surface area contributed by atoms with E-state index in [1.54, 1.807) is 28.1 Å². The van der Waals surface area contributed by atoms with Gasteiger partial charge in [-0.3, -0.25) is 57.4 Å². The maximum Gasteiger partial charge on any atom is 0.320 e. The van der Waals surface area contributed by atoms with Gasteiger partial charge in [0.2, 0.25) is 54.4 Å². The lowest BCUT2D eigenvalue weighted by Crippen LogP contribution is -2.47. The smallest absolute Gasteiger partial charge is 0.320 e. The molecule has 12 atom stereocenters. The van der Waals surface area contributed by atoms with E-state index in [1.165, 1.54) is 20.8 Å². The number of H-pyrrole nitrogens is 4. The standard InChI is InChI=1S/C32H30F2N8O3.C31H27F2IN8O3.C12H14F2N8O2.C10H10F2N8O4/c1-4-30(40-41-35)20(2)32(33,34)28(45-30)42-19-36-25-26(42)37-29(38-27(25)43)39-31(21-11-7-5-8-12-21,22-13-9-6-10-14-22)23-15-17-24(44-3)18-16-23;1-19-29(17-34,40-41-35)45-27(31(19,32)33)42-18-36-24-25(42)37-28(38-26(24)43)39-30(20-9-5-3-6-10-20,21-11-7-4-8-12-21)22-13-15-23(44-2)16-14-22;1-3-11(20-21-16)5(2)12(13,14)9(24-11)22-4-17-6-7(22)18-10(15)19-8(6)23;11-10(12)6(23)9(1-21,18-19-14)24-7(10)20-2-15-3-4(20)16-8(13)17-5(3)22/h5-20,28H,4H2,1-3H3,(H2,37,38,39,43);3-16,18-19,27H,17H2,1-2H3,(H2,37,38,39,43);4-5,9H,3H2,1-2H3,(H3,15,18,19,23);2,6-7,21,23H,1H2,(H3,13,16,17,22)/t20-,28-,30-;19-,27-,29-;5-,9-,11-;6-,7-,9-/m1111/s1. The number of fused-ring (bicyclic) bond motifs is 4. The highest BCUT2D eigenvalue weighted by molar-refractivity contribution is 14.1. The number of halogens is 9. The fourth-order valence-electron chi connectivity index (χ4n) is 17.1. The van der Waals surface area contributed by atoms with E-state index >= 15 is 17.6 Å². The van der Waals surface area contributed by atoms with Gasteiger partial charge in [0.15, 0.2) is 67.9 Å². The van der Waals surface area contributed by atoms with Crippen molar-refractivity contribution in [1.82, 2.24) is 78.1 Å². The van der Waals surface area contributed by atoms with Crippen LogP contribution in [0.4, 0.5) is 58.9 Å². The number of nitrogens with one attached hydrogen (secondary N) is 6. The molecule has 18 rings (SSSR count). The molecule has 6 aromatic carbocycles. The minimum Gasteiger partial charge on any atom is -0.497 e. The summed E-state index contributed by atoms with van der Waals surface area (Å²) in [5, 5.41) is 39.6. The Labute approximate surface area is 783 Å². The monoisotopic (exact) mass is 2020 g/mol. The molecule has 0 saturated carbocycles. The first-order chi connectivity index (χ1) is 65.9. The molecule has 0 radical (unpaired) electrons. The summed E-state index contributed by atoms with van der Waals surface area (Å²) in [6.07, 6.45) is -6.49. The topological polar surface area (TPSA) is 621 Å². The summed E-state index contributed by atoms with van der Waals surface area (Å²) in [6.45, 7) is 5.76. The molecule has 138 heavy (non-hydrogen) atoms. The molecule has 8 aromatic heterocycles. The van der Waals surface area contributed by atoms with Crippen LogP contribution in [0.5, 0.6) is 11.5 Å². The molecule has 4 aliphatic rings. The highest BCUT2D eigenvalue weighted by atomic mass is 127. The Bertz CT molecular complexity index is 6820. The third kappa shape index (κ3) is 16.6. The second-order valence-corrected chi connectivity index (χ2v) is 32.7. The number of alkyl halides is 9. The molecule has 0 bridgehead atoms.